The molecule has 6 heteroatoms. The summed E-state index contributed by atoms with van der Waals surface area (Å²) in [4.78, 5) is 21.3. The predicted octanol–water partition coefficient (Wildman–Crippen LogP) is 0.800. The summed E-state index contributed by atoms with van der Waals surface area (Å²) in [7, 11) is -2.63. The third-order valence-electron chi connectivity index (χ3n) is 2.05. The van der Waals surface area contributed by atoms with E-state index in [1.54, 1.807) is 30.3 Å². The van der Waals surface area contributed by atoms with Crippen LogP contribution in [-0.2, 0) is 14.2 Å². The lowest BCUT2D eigenvalue weighted by atomic mass is 10.3. The van der Waals surface area contributed by atoms with Crippen LogP contribution < -0.4 is 5.30 Å². The fraction of sp³-hybridized carbons (Fsp3) is 0.200. The van der Waals surface area contributed by atoms with Gasteiger partial charge in [-0.05, 0) is 0 Å². The first-order valence-electron chi connectivity index (χ1n) is 4.56. The van der Waals surface area contributed by atoms with Crippen molar-refractivity contribution in [3.63, 3.8) is 0 Å². The monoisotopic (exact) mass is 242 g/mol. The van der Waals surface area contributed by atoms with Crippen LogP contribution in [0.4, 0.5) is 0 Å². The van der Waals surface area contributed by atoms with Gasteiger partial charge >= 0.3 is 11.9 Å². The van der Waals surface area contributed by atoms with Crippen molar-refractivity contribution >= 4 is 25.0 Å². The molecule has 2 unspecified atom stereocenters. The summed E-state index contributed by atoms with van der Waals surface area (Å²) in [6.07, 6.45) is -0.623. The van der Waals surface area contributed by atoms with Gasteiger partial charge in [-0.1, -0.05) is 30.3 Å². The van der Waals surface area contributed by atoms with Crippen molar-refractivity contribution in [2.75, 3.05) is 0 Å². The van der Waals surface area contributed by atoms with Crippen molar-refractivity contribution in [2.45, 2.75) is 12.1 Å². The number of rotatable bonds is 5. The average molecular weight is 242 g/mol. The van der Waals surface area contributed by atoms with Gasteiger partial charge in [-0.15, -0.1) is 0 Å². The van der Waals surface area contributed by atoms with Gasteiger partial charge in [0.1, 0.15) is 13.5 Å². The molecule has 1 aromatic carbocycles. The van der Waals surface area contributed by atoms with Crippen molar-refractivity contribution in [2.24, 2.45) is 0 Å². The van der Waals surface area contributed by atoms with Gasteiger partial charge in [0.2, 0.25) is 0 Å². The maximum absolute atomic E-state index is 11.9. The average Bonchev–Trinajstić information content (AvgIpc) is 2.25. The standard InChI is InChI=1S/C10H11O5P/c11-9(12)6-8(10(13)14)16(15)7-4-2-1-3-5-7/h1-5,8,16H,6H2,(H,11,12)(H,13,14). The van der Waals surface area contributed by atoms with Crippen LogP contribution in [0.3, 0.4) is 0 Å². The van der Waals surface area contributed by atoms with Gasteiger partial charge < -0.3 is 14.8 Å². The molecule has 1 aromatic rings. The van der Waals surface area contributed by atoms with E-state index in [1.807, 2.05) is 0 Å². The van der Waals surface area contributed by atoms with Crippen molar-refractivity contribution < 1.29 is 24.4 Å². The number of benzene rings is 1. The second-order valence-electron chi connectivity index (χ2n) is 3.22. The molecule has 0 spiro atoms. The molecule has 0 amide bonds. The van der Waals surface area contributed by atoms with E-state index in [4.69, 9.17) is 10.2 Å². The predicted molar refractivity (Wildman–Crippen MR) is 58.8 cm³/mol. The lowest BCUT2D eigenvalue weighted by Crippen LogP contribution is -2.23. The zero-order valence-corrected chi connectivity index (χ0v) is 9.29. The van der Waals surface area contributed by atoms with Crippen LogP contribution in [-0.4, -0.2) is 27.8 Å². The third-order valence-corrected chi connectivity index (χ3v) is 4.04. The lowest BCUT2D eigenvalue weighted by Gasteiger charge is -2.09. The lowest BCUT2D eigenvalue weighted by molar-refractivity contribution is -0.143. The zero-order chi connectivity index (χ0) is 12.1. The highest BCUT2D eigenvalue weighted by molar-refractivity contribution is 7.55. The molecule has 0 aliphatic heterocycles. The van der Waals surface area contributed by atoms with Crippen LogP contribution in [0.15, 0.2) is 30.3 Å². The Morgan fingerprint density at radius 2 is 1.75 bits per heavy atom. The fourth-order valence-corrected chi connectivity index (χ4v) is 2.78. The Hall–Kier alpha value is -1.61. The molecule has 0 radical (unpaired) electrons. The smallest absolute Gasteiger partial charge is 0.314 e. The summed E-state index contributed by atoms with van der Waals surface area (Å²) in [6, 6.07) is 8.07. The first-order chi connectivity index (χ1) is 7.52. The van der Waals surface area contributed by atoms with Crippen LogP contribution in [0, 0.1) is 0 Å². The SMILES string of the molecule is O=C(O)CC(C(=O)O)[PH](=O)c1ccccc1. The quantitative estimate of drug-likeness (QED) is 0.745. The van der Waals surface area contributed by atoms with Crippen LogP contribution in [0.25, 0.3) is 0 Å². The van der Waals surface area contributed by atoms with E-state index in [0.717, 1.165) is 0 Å². The molecule has 0 saturated carbocycles. The van der Waals surface area contributed by atoms with Gasteiger partial charge in [0.25, 0.3) is 0 Å². The van der Waals surface area contributed by atoms with E-state index < -0.39 is 31.8 Å². The molecule has 0 fully saturated rings. The molecule has 5 nitrogen and oxygen atoms in total. The topological polar surface area (TPSA) is 91.7 Å². The molecule has 86 valence electrons. The minimum absolute atomic E-state index is 0.390. The molecule has 2 atom stereocenters. The van der Waals surface area contributed by atoms with Gasteiger partial charge in [0.05, 0.1) is 6.42 Å². The minimum atomic E-state index is -2.63. The summed E-state index contributed by atoms with van der Waals surface area (Å²) in [5, 5.41) is 17.7. The number of carbonyl (C=O) groups is 2. The number of aliphatic carboxylic acids is 2. The van der Waals surface area contributed by atoms with Crippen LogP contribution in [0.1, 0.15) is 6.42 Å². The molecule has 2 N–H and O–H groups in total. The summed E-state index contributed by atoms with van der Waals surface area (Å²) < 4.78 is 11.9. The number of hydrogen-bond donors (Lipinski definition) is 2. The molecule has 0 aliphatic carbocycles. The third kappa shape index (κ3) is 3.21. The highest BCUT2D eigenvalue weighted by Crippen LogP contribution is 2.29. The summed E-state index contributed by atoms with van der Waals surface area (Å²) >= 11 is 0. The Bertz CT molecular complexity index is 414. The Kier molecular flexibility index (Phi) is 4.26. The molecular weight excluding hydrogens is 231 g/mol. The van der Waals surface area contributed by atoms with E-state index >= 15 is 0 Å². The largest absolute Gasteiger partial charge is 0.481 e. The molecule has 16 heavy (non-hydrogen) atoms. The van der Waals surface area contributed by atoms with Gasteiger partial charge in [0, 0.05) is 5.30 Å². The molecule has 0 aliphatic rings. The van der Waals surface area contributed by atoms with Crippen LogP contribution in [0.2, 0.25) is 0 Å². The molecule has 0 bridgehead atoms. The van der Waals surface area contributed by atoms with E-state index in [-0.39, 0.29) is 0 Å². The highest BCUT2D eigenvalue weighted by Gasteiger charge is 2.28. The summed E-state index contributed by atoms with van der Waals surface area (Å²) in [5.41, 5.74) is -1.34. The Morgan fingerprint density at radius 3 is 2.19 bits per heavy atom. The minimum Gasteiger partial charge on any atom is -0.481 e. The van der Waals surface area contributed by atoms with Crippen molar-refractivity contribution in [1.29, 1.82) is 0 Å². The van der Waals surface area contributed by atoms with E-state index in [1.165, 1.54) is 0 Å². The first-order valence-corrected chi connectivity index (χ1v) is 6.05. The zero-order valence-electron chi connectivity index (χ0n) is 8.29. The molecular formula is C10H11O5P. The molecule has 0 aromatic heterocycles. The van der Waals surface area contributed by atoms with E-state index in [2.05, 4.69) is 0 Å². The molecule has 1 rings (SSSR count). The molecule has 0 saturated heterocycles. The number of carboxylic acids is 2. The maximum Gasteiger partial charge on any atom is 0.314 e. The number of carboxylic acid groups (broad SMARTS) is 2. The van der Waals surface area contributed by atoms with Crippen molar-refractivity contribution in [3.8, 4) is 0 Å². The Morgan fingerprint density at radius 1 is 1.19 bits per heavy atom. The number of hydrogen-bond acceptors (Lipinski definition) is 3. The van der Waals surface area contributed by atoms with Crippen LogP contribution in [0.5, 0.6) is 0 Å². The Labute approximate surface area is 92.5 Å². The van der Waals surface area contributed by atoms with Gasteiger partial charge in [-0.2, -0.15) is 0 Å². The highest BCUT2D eigenvalue weighted by atomic mass is 31.1. The normalized spacial score (nSPS) is 14.0. The van der Waals surface area contributed by atoms with Crippen molar-refractivity contribution in [1.82, 2.24) is 0 Å². The van der Waals surface area contributed by atoms with Crippen LogP contribution >= 0.6 is 7.80 Å². The van der Waals surface area contributed by atoms with Gasteiger partial charge in [-0.3, -0.25) is 9.59 Å². The van der Waals surface area contributed by atoms with Crippen molar-refractivity contribution in [3.05, 3.63) is 30.3 Å². The second kappa shape index (κ2) is 5.47. The molecule has 0 heterocycles. The maximum atomic E-state index is 11.9. The first kappa shape index (κ1) is 12.5. The van der Waals surface area contributed by atoms with E-state index in [0.29, 0.717) is 5.30 Å². The summed E-state index contributed by atoms with van der Waals surface area (Å²) in [5.74, 6) is -2.60. The van der Waals surface area contributed by atoms with E-state index in [9.17, 15) is 14.2 Å². The Balaban J connectivity index is 2.92. The second-order valence-corrected chi connectivity index (χ2v) is 5.22. The van der Waals surface area contributed by atoms with Gasteiger partial charge in [0.15, 0.2) is 0 Å². The van der Waals surface area contributed by atoms with Gasteiger partial charge in [-0.25, -0.2) is 0 Å². The fourth-order valence-electron chi connectivity index (χ4n) is 1.27. The summed E-state index contributed by atoms with van der Waals surface area (Å²) in [6.45, 7) is 0.